The van der Waals surface area contributed by atoms with Gasteiger partial charge in [0.25, 0.3) is 0 Å². The molecule has 1 rings (SSSR count). The van der Waals surface area contributed by atoms with Gasteiger partial charge in [0.15, 0.2) is 0 Å². The summed E-state index contributed by atoms with van der Waals surface area (Å²) in [4.78, 5) is 10.9. The van der Waals surface area contributed by atoms with Gasteiger partial charge in [0, 0.05) is 31.8 Å². The molecule has 102 valence electrons. The van der Waals surface area contributed by atoms with Gasteiger partial charge in [-0.15, -0.1) is 0 Å². The number of ether oxygens (including phenoxy) is 1. The van der Waals surface area contributed by atoms with Crippen LogP contribution >= 0.6 is 0 Å². The highest BCUT2D eigenvalue weighted by Gasteiger charge is 2.12. The summed E-state index contributed by atoms with van der Waals surface area (Å²) >= 11 is 0. The van der Waals surface area contributed by atoms with Crippen LogP contribution in [0.3, 0.4) is 0 Å². The van der Waals surface area contributed by atoms with Crippen LogP contribution < -0.4 is 10.2 Å². The van der Waals surface area contributed by atoms with E-state index in [9.17, 15) is 0 Å². The number of hydrogen-bond donors (Lipinski definition) is 1. The molecule has 0 saturated heterocycles. The maximum atomic E-state index is 5.40. The van der Waals surface area contributed by atoms with Gasteiger partial charge in [0.1, 0.15) is 18.0 Å². The smallest absolute Gasteiger partial charge is 0.137 e. The van der Waals surface area contributed by atoms with Crippen LogP contribution in [0.5, 0.6) is 0 Å². The van der Waals surface area contributed by atoms with Crippen LogP contribution in [0, 0.1) is 6.92 Å². The fourth-order valence-electron chi connectivity index (χ4n) is 1.84. The lowest BCUT2D eigenvalue weighted by molar-refractivity contribution is 0.154. The third kappa shape index (κ3) is 3.84. The highest BCUT2D eigenvalue weighted by Crippen LogP contribution is 2.21. The minimum absolute atomic E-state index is 0.727. The van der Waals surface area contributed by atoms with Gasteiger partial charge >= 0.3 is 0 Å². The maximum absolute atomic E-state index is 5.40. The molecule has 1 N–H and O–H groups in total. The number of aromatic nitrogens is 2. The Morgan fingerprint density at radius 2 is 2.06 bits per heavy atom. The average molecular weight is 252 g/mol. The van der Waals surface area contributed by atoms with E-state index in [4.69, 9.17) is 4.74 Å². The quantitative estimate of drug-likeness (QED) is 0.718. The molecule has 0 fully saturated rings. The highest BCUT2D eigenvalue weighted by atomic mass is 16.5. The SMILES string of the molecule is CCNc1ncnc(N(CC)CCOCC)c1C. The summed E-state index contributed by atoms with van der Waals surface area (Å²) in [5.41, 5.74) is 1.10. The lowest BCUT2D eigenvalue weighted by Crippen LogP contribution is -2.29. The largest absolute Gasteiger partial charge is 0.380 e. The first-order valence-corrected chi connectivity index (χ1v) is 6.62. The zero-order valence-electron chi connectivity index (χ0n) is 11.9. The first-order valence-electron chi connectivity index (χ1n) is 6.62. The van der Waals surface area contributed by atoms with E-state index in [1.165, 1.54) is 0 Å². The number of anilines is 2. The third-order valence-electron chi connectivity index (χ3n) is 2.79. The molecule has 0 aromatic carbocycles. The molecule has 0 aliphatic heterocycles. The van der Waals surface area contributed by atoms with Crippen molar-refractivity contribution in [3.05, 3.63) is 11.9 Å². The van der Waals surface area contributed by atoms with Gasteiger partial charge in [0.2, 0.25) is 0 Å². The standard InChI is InChI=1S/C13H24N4O/c1-5-14-12-11(4)13(16-10-15-12)17(6-2)8-9-18-7-3/h10H,5-9H2,1-4H3,(H,14,15,16). The Morgan fingerprint density at radius 1 is 1.28 bits per heavy atom. The zero-order chi connectivity index (χ0) is 13.4. The fourth-order valence-corrected chi connectivity index (χ4v) is 1.84. The molecule has 0 radical (unpaired) electrons. The van der Waals surface area contributed by atoms with Gasteiger partial charge in [-0.05, 0) is 27.7 Å². The Labute approximate surface area is 110 Å². The van der Waals surface area contributed by atoms with E-state index in [0.717, 1.165) is 50.0 Å². The molecule has 1 aromatic heterocycles. The van der Waals surface area contributed by atoms with Gasteiger partial charge in [0.05, 0.1) is 6.61 Å². The molecule has 5 heteroatoms. The van der Waals surface area contributed by atoms with E-state index in [1.54, 1.807) is 6.33 Å². The molecule has 0 unspecified atom stereocenters. The lowest BCUT2D eigenvalue weighted by Gasteiger charge is -2.24. The summed E-state index contributed by atoms with van der Waals surface area (Å²) in [5.74, 6) is 1.90. The normalized spacial score (nSPS) is 10.4. The summed E-state index contributed by atoms with van der Waals surface area (Å²) in [5, 5.41) is 3.25. The van der Waals surface area contributed by atoms with Crippen molar-refractivity contribution in [3.63, 3.8) is 0 Å². The molecule has 0 bridgehead atoms. The molecule has 18 heavy (non-hydrogen) atoms. The molecular weight excluding hydrogens is 228 g/mol. The number of likely N-dealkylation sites (N-methyl/N-ethyl adjacent to an activating group) is 1. The van der Waals surface area contributed by atoms with Crippen LogP contribution in [0.1, 0.15) is 26.3 Å². The summed E-state index contributed by atoms with van der Waals surface area (Å²) in [6, 6.07) is 0. The van der Waals surface area contributed by atoms with Crippen molar-refractivity contribution in [2.75, 3.05) is 43.1 Å². The zero-order valence-corrected chi connectivity index (χ0v) is 11.9. The first kappa shape index (κ1) is 14.7. The van der Waals surface area contributed by atoms with Crippen LogP contribution in [0.25, 0.3) is 0 Å². The summed E-state index contributed by atoms with van der Waals surface area (Å²) in [6.07, 6.45) is 1.61. The second-order valence-electron chi connectivity index (χ2n) is 3.98. The Morgan fingerprint density at radius 3 is 2.67 bits per heavy atom. The molecule has 0 amide bonds. The van der Waals surface area contributed by atoms with E-state index in [-0.39, 0.29) is 0 Å². The van der Waals surface area contributed by atoms with Crippen LogP contribution in [-0.2, 0) is 4.74 Å². The Bertz CT molecular complexity index is 357. The van der Waals surface area contributed by atoms with Crippen molar-refractivity contribution in [2.24, 2.45) is 0 Å². The molecule has 0 spiro atoms. The molecule has 0 aliphatic rings. The van der Waals surface area contributed by atoms with Gasteiger partial charge in [-0.25, -0.2) is 9.97 Å². The van der Waals surface area contributed by atoms with Gasteiger partial charge in [-0.2, -0.15) is 0 Å². The van der Waals surface area contributed by atoms with E-state index in [1.807, 2.05) is 6.92 Å². The predicted molar refractivity (Wildman–Crippen MR) is 75.3 cm³/mol. The van der Waals surface area contributed by atoms with E-state index in [0.29, 0.717) is 0 Å². The van der Waals surface area contributed by atoms with E-state index >= 15 is 0 Å². The van der Waals surface area contributed by atoms with Gasteiger partial charge in [-0.3, -0.25) is 0 Å². The number of hydrogen-bond acceptors (Lipinski definition) is 5. The molecule has 0 atom stereocenters. The van der Waals surface area contributed by atoms with Crippen molar-refractivity contribution in [2.45, 2.75) is 27.7 Å². The summed E-state index contributed by atoms with van der Waals surface area (Å²) in [7, 11) is 0. The second kappa shape index (κ2) is 7.87. The van der Waals surface area contributed by atoms with Gasteiger partial charge in [-0.1, -0.05) is 0 Å². The topological polar surface area (TPSA) is 50.3 Å². The number of rotatable bonds is 8. The van der Waals surface area contributed by atoms with Crippen molar-refractivity contribution < 1.29 is 4.74 Å². The van der Waals surface area contributed by atoms with Crippen molar-refractivity contribution >= 4 is 11.6 Å². The molecule has 1 aromatic rings. The molecular formula is C13H24N4O. The van der Waals surface area contributed by atoms with Gasteiger partial charge < -0.3 is 15.0 Å². The Balaban J connectivity index is 2.81. The maximum Gasteiger partial charge on any atom is 0.137 e. The second-order valence-corrected chi connectivity index (χ2v) is 3.98. The van der Waals surface area contributed by atoms with E-state index < -0.39 is 0 Å². The van der Waals surface area contributed by atoms with Crippen LogP contribution in [0.15, 0.2) is 6.33 Å². The first-order chi connectivity index (χ1) is 8.74. The average Bonchev–Trinajstić information content (AvgIpc) is 2.38. The van der Waals surface area contributed by atoms with Crippen LogP contribution in [-0.4, -0.2) is 42.8 Å². The Kier molecular flexibility index (Phi) is 6.43. The van der Waals surface area contributed by atoms with E-state index in [2.05, 4.69) is 41.0 Å². The third-order valence-corrected chi connectivity index (χ3v) is 2.79. The summed E-state index contributed by atoms with van der Waals surface area (Å²) < 4.78 is 5.40. The van der Waals surface area contributed by atoms with Crippen LogP contribution in [0.4, 0.5) is 11.6 Å². The molecule has 0 aliphatic carbocycles. The molecule has 0 saturated carbocycles. The molecule has 5 nitrogen and oxygen atoms in total. The fraction of sp³-hybridized carbons (Fsp3) is 0.692. The van der Waals surface area contributed by atoms with Crippen molar-refractivity contribution in [3.8, 4) is 0 Å². The minimum Gasteiger partial charge on any atom is -0.380 e. The van der Waals surface area contributed by atoms with Crippen molar-refractivity contribution in [1.82, 2.24) is 9.97 Å². The molecule has 1 heterocycles. The Hall–Kier alpha value is -1.36. The highest BCUT2D eigenvalue weighted by molar-refractivity contribution is 5.57. The predicted octanol–water partition coefficient (Wildman–Crippen LogP) is 2.08. The summed E-state index contributed by atoms with van der Waals surface area (Å²) in [6.45, 7) is 12.4. The number of nitrogens with one attached hydrogen (secondary N) is 1. The number of nitrogens with zero attached hydrogens (tertiary/aromatic N) is 3. The lowest BCUT2D eigenvalue weighted by atomic mass is 10.3. The monoisotopic (exact) mass is 252 g/mol. The minimum atomic E-state index is 0.727. The van der Waals surface area contributed by atoms with Crippen molar-refractivity contribution in [1.29, 1.82) is 0 Å². The van der Waals surface area contributed by atoms with Crippen LogP contribution in [0.2, 0.25) is 0 Å².